The number of pyridine rings is 2. The van der Waals surface area contributed by atoms with Gasteiger partial charge < -0.3 is 14.4 Å². The lowest BCUT2D eigenvalue weighted by Gasteiger charge is -2.25. The van der Waals surface area contributed by atoms with E-state index in [-0.39, 0.29) is 23.8 Å². The van der Waals surface area contributed by atoms with E-state index in [1.54, 1.807) is 23.1 Å². The molecule has 3 heterocycles. The van der Waals surface area contributed by atoms with Crippen molar-refractivity contribution < 1.29 is 18.7 Å². The molecule has 0 radical (unpaired) electrons. The Morgan fingerprint density at radius 1 is 1.06 bits per heavy atom. The molecule has 9 heteroatoms. The zero-order chi connectivity index (χ0) is 23.5. The molecule has 0 N–H and O–H groups in total. The number of methoxy groups -OCH3 is 1. The predicted octanol–water partition coefficient (Wildman–Crippen LogP) is 5.25. The molecule has 1 aliphatic rings. The highest BCUT2D eigenvalue weighted by atomic mass is 35.5. The Morgan fingerprint density at radius 3 is 2.45 bits per heavy atom. The number of hydrogen-bond acceptors (Lipinski definition) is 5. The number of nitrogens with zero attached hydrogens (tertiary/aromatic N) is 3. The summed E-state index contributed by atoms with van der Waals surface area (Å²) in [6.07, 6.45) is 2.30. The smallest absolute Gasteiger partial charge is 0.255 e. The molecule has 0 aliphatic carbocycles. The van der Waals surface area contributed by atoms with Crippen LogP contribution < -0.4 is 9.47 Å². The Balaban J connectivity index is 1.60. The van der Waals surface area contributed by atoms with E-state index in [1.165, 1.54) is 25.4 Å². The number of amides is 1. The highest BCUT2D eigenvalue weighted by Gasteiger charge is 2.40. The minimum atomic E-state index is -0.436. The van der Waals surface area contributed by atoms with Gasteiger partial charge in [0, 0.05) is 43.3 Å². The largest absolute Gasteiger partial charge is 0.481 e. The topological polar surface area (TPSA) is 64.5 Å². The van der Waals surface area contributed by atoms with Crippen LogP contribution in [0.15, 0.2) is 54.9 Å². The van der Waals surface area contributed by atoms with Gasteiger partial charge in [0.25, 0.3) is 5.91 Å². The molecular weight excluding hydrogens is 468 g/mol. The summed E-state index contributed by atoms with van der Waals surface area (Å²) < 4.78 is 24.3. The van der Waals surface area contributed by atoms with E-state index >= 15 is 0 Å². The van der Waals surface area contributed by atoms with Crippen molar-refractivity contribution in [3.05, 3.63) is 81.8 Å². The summed E-state index contributed by atoms with van der Waals surface area (Å²) in [6.45, 7) is 2.85. The van der Waals surface area contributed by atoms with Gasteiger partial charge in [-0.25, -0.2) is 14.4 Å². The fourth-order valence-corrected chi connectivity index (χ4v) is 4.39. The van der Waals surface area contributed by atoms with Gasteiger partial charge in [0.05, 0.1) is 28.9 Å². The van der Waals surface area contributed by atoms with Crippen molar-refractivity contribution in [2.24, 2.45) is 5.92 Å². The fourth-order valence-electron chi connectivity index (χ4n) is 4.09. The molecule has 6 nitrogen and oxygen atoms in total. The van der Waals surface area contributed by atoms with Crippen molar-refractivity contribution in [2.45, 2.75) is 18.9 Å². The average molecular weight is 490 g/mol. The fraction of sp³-hybridized carbons (Fsp3) is 0.292. The number of aromatic nitrogens is 2. The van der Waals surface area contributed by atoms with Gasteiger partial charge in [-0.05, 0) is 36.8 Å². The molecule has 4 rings (SSSR count). The van der Waals surface area contributed by atoms with Crippen LogP contribution >= 0.6 is 23.2 Å². The monoisotopic (exact) mass is 489 g/mol. The summed E-state index contributed by atoms with van der Waals surface area (Å²) in [5.41, 5.74) is 1.43. The van der Waals surface area contributed by atoms with Gasteiger partial charge in [0.2, 0.25) is 11.8 Å². The number of ether oxygens (including phenoxy) is 2. The van der Waals surface area contributed by atoms with Crippen molar-refractivity contribution in [2.75, 3.05) is 20.2 Å². The highest BCUT2D eigenvalue weighted by molar-refractivity contribution is 6.42. The second-order valence-corrected chi connectivity index (χ2v) is 8.70. The molecule has 1 aliphatic heterocycles. The molecule has 1 aromatic carbocycles. The number of likely N-dealkylation sites (tertiary alicyclic amines) is 1. The molecule has 1 saturated heterocycles. The Morgan fingerprint density at radius 2 is 1.82 bits per heavy atom. The lowest BCUT2D eigenvalue weighted by Crippen LogP contribution is -2.32. The zero-order valence-corrected chi connectivity index (χ0v) is 19.6. The number of carbonyl (C=O) groups is 1. The van der Waals surface area contributed by atoms with Gasteiger partial charge in [-0.1, -0.05) is 29.3 Å². The average Bonchev–Trinajstić information content (AvgIpc) is 3.27. The second-order valence-electron chi connectivity index (χ2n) is 7.88. The molecule has 1 fully saturated rings. The van der Waals surface area contributed by atoms with Crippen LogP contribution in [0.5, 0.6) is 11.8 Å². The van der Waals surface area contributed by atoms with E-state index in [9.17, 15) is 9.18 Å². The molecule has 3 atom stereocenters. The van der Waals surface area contributed by atoms with Crippen molar-refractivity contribution in [3.8, 4) is 11.8 Å². The van der Waals surface area contributed by atoms with Gasteiger partial charge >= 0.3 is 0 Å². The lowest BCUT2D eigenvalue weighted by molar-refractivity contribution is 0.0769. The Labute approximate surface area is 201 Å². The number of benzene rings is 1. The zero-order valence-electron chi connectivity index (χ0n) is 18.0. The maximum absolute atomic E-state index is 13.2. The van der Waals surface area contributed by atoms with Crippen LogP contribution in [0.25, 0.3) is 0 Å². The molecule has 1 unspecified atom stereocenters. The first kappa shape index (κ1) is 23.3. The highest BCUT2D eigenvalue weighted by Crippen LogP contribution is 2.38. The predicted molar refractivity (Wildman–Crippen MR) is 124 cm³/mol. The summed E-state index contributed by atoms with van der Waals surface area (Å²) in [7, 11) is 1.52. The van der Waals surface area contributed by atoms with Crippen LogP contribution in [0.1, 0.15) is 28.8 Å². The first-order valence-corrected chi connectivity index (χ1v) is 11.1. The first-order valence-electron chi connectivity index (χ1n) is 10.4. The molecule has 2 aromatic heterocycles. The Bertz CT molecular complexity index is 1130. The third kappa shape index (κ3) is 5.20. The van der Waals surface area contributed by atoms with Gasteiger partial charge in [0.1, 0.15) is 11.9 Å². The lowest BCUT2D eigenvalue weighted by atomic mass is 9.86. The van der Waals surface area contributed by atoms with Crippen molar-refractivity contribution in [1.82, 2.24) is 14.9 Å². The van der Waals surface area contributed by atoms with E-state index in [4.69, 9.17) is 32.7 Å². The standard InChI is InChI=1S/C24H22Cl2FN3O3/c1-14(33-23-8-5-17(27)11-29-23)18-12-30(24(31)16-4-7-22(32-2)28-10-16)13-19(18)15-3-6-20(25)21(26)9-15/h3-11,14,18-19H,12-13H2,1-2H3/t14-,18?,19+/m1/s1. The molecule has 1 amide bonds. The molecule has 33 heavy (non-hydrogen) atoms. The summed E-state index contributed by atoms with van der Waals surface area (Å²) in [5.74, 6) is 0.0724. The molecule has 0 spiro atoms. The first-order chi connectivity index (χ1) is 15.9. The Kier molecular flexibility index (Phi) is 7.00. The van der Waals surface area contributed by atoms with Crippen LogP contribution in [-0.4, -0.2) is 47.1 Å². The van der Waals surface area contributed by atoms with Gasteiger partial charge in [0.15, 0.2) is 0 Å². The van der Waals surface area contributed by atoms with Crippen molar-refractivity contribution in [3.63, 3.8) is 0 Å². The summed E-state index contributed by atoms with van der Waals surface area (Å²) in [4.78, 5) is 23.1. The van der Waals surface area contributed by atoms with Gasteiger partial charge in [-0.15, -0.1) is 0 Å². The minimum Gasteiger partial charge on any atom is -0.481 e. The number of carbonyl (C=O) groups excluding carboxylic acids is 1. The normalized spacial score (nSPS) is 18.8. The number of rotatable bonds is 6. The minimum absolute atomic E-state index is 0.0506. The molecule has 172 valence electrons. The van der Waals surface area contributed by atoms with Crippen LogP contribution in [0.3, 0.4) is 0 Å². The maximum Gasteiger partial charge on any atom is 0.255 e. The summed E-state index contributed by atoms with van der Waals surface area (Å²) >= 11 is 12.4. The van der Waals surface area contributed by atoms with E-state index in [2.05, 4.69) is 9.97 Å². The van der Waals surface area contributed by atoms with E-state index < -0.39 is 5.82 Å². The molecular formula is C24H22Cl2FN3O3. The molecule has 0 saturated carbocycles. The third-order valence-corrected chi connectivity index (χ3v) is 6.57. The van der Waals surface area contributed by atoms with Crippen LogP contribution in [-0.2, 0) is 0 Å². The SMILES string of the molecule is COc1ccc(C(=O)N2CC([C@@H](C)Oc3ccc(F)cn3)[C@H](c3ccc(Cl)c(Cl)c3)C2)cn1. The van der Waals surface area contributed by atoms with Crippen LogP contribution in [0.4, 0.5) is 4.39 Å². The van der Waals surface area contributed by atoms with Crippen LogP contribution in [0, 0.1) is 11.7 Å². The van der Waals surface area contributed by atoms with E-state index in [1.807, 2.05) is 19.1 Å². The maximum atomic E-state index is 13.2. The summed E-state index contributed by atoms with van der Waals surface area (Å²) in [6, 6.07) is 11.6. The Hall–Kier alpha value is -2.90. The molecule has 3 aromatic rings. The van der Waals surface area contributed by atoms with Crippen LogP contribution in [0.2, 0.25) is 10.0 Å². The summed E-state index contributed by atoms with van der Waals surface area (Å²) in [5, 5.41) is 0.915. The second kappa shape index (κ2) is 9.93. The number of hydrogen-bond donors (Lipinski definition) is 0. The van der Waals surface area contributed by atoms with Crippen molar-refractivity contribution >= 4 is 29.1 Å². The van der Waals surface area contributed by atoms with E-state index in [0.717, 1.165) is 11.8 Å². The van der Waals surface area contributed by atoms with Gasteiger partial charge in [-0.3, -0.25) is 4.79 Å². The number of halogens is 3. The van der Waals surface area contributed by atoms with Crippen molar-refractivity contribution in [1.29, 1.82) is 0 Å². The van der Waals surface area contributed by atoms with Gasteiger partial charge in [-0.2, -0.15) is 0 Å². The quantitative estimate of drug-likeness (QED) is 0.472. The third-order valence-electron chi connectivity index (χ3n) is 5.83. The molecule has 0 bridgehead atoms. The van der Waals surface area contributed by atoms with E-state index in [0.29, 0.717) is 40.5 Å².